The SMILES string of the molecule is CCCOC(=O)C1=C(C)NC(=O)NC1c1cc(OC)c(OCC)c([N+](=O)[O-])c1. The number of nitrogens with zero attached hydrogens (tertiary/aromatic N) is 1. The van der Waals surface area contributed by atoms with E-state index >= 15 is 0 Å². The van der Waals surface area contributed by atoms with E-state index in [2.05, 4.69) is 10.6 Å². The monoisotopic (exact) mass is 393 g/mol. The highest BCUT2D eigenvalue weighted by molar-refractivity contribution is 5.95. The van der Waals surface area contributed by atoms with Crippen LogP contribution >= 0.6 is 0 Å². The van der Waals surface area contributed by atoms with Crippen LogP contribution in [0.1, 0.15) is 38.8 Å². The lowest BCUT2D eigenvalue weighted by atomic mass is 9.94. The molecule has 0 spiro atoms. The molecule has 1 unspecified atom stereocenters. The number of carbonyl (C=O) groups excluding carboxylic acids is 2. The molecule has 0 bridgehead atoms. The molecule has 10 nitrogen and oxygen atoms in total. The van der Waals surface area contributed by atoms with Gasteiger partial charge in [0, 0.05) is 11.8 Å². The average molecular weight is 393 g/mol. The minimum Gasteiger partial charge on any atom is -0.493 e. The summed E-state index contributed by atoms with van der Waals surface area (Å²) in [6, 6.07) is 1.27. The number of rotatable bonds is 8. The number of nitrogens with one attached hydrogen (secondary N) is 2. The molecule has 1 aromatic carbocycles. The van der Waals surface area contributed by atoms with E-state index in [0.29, 0.717) is 17.7 Å². The van der Waals surface area contributed by atoms with E-state index in [1.807, 2.05) is 6.92 Å². The molecule has 0 aliphatic carbocycles. The topological polar surface area (TPSA) is 129 Å². The summed E-state index contributed by atoms with van der Waals surface area (Å²) >= 11 is 0. The fourth-order valence-electron chi connectivity index (χ4n) is 2.84. The van der Waals surface area contributed by atoms with Crippen LogP contribution in [0.2, 0.25) is 0 Å². The van der Waals surface area contributed by atoms with Crippen LogP contribution in [-0.2, 0) is 9.53 Å². The fourth-order valence-corrected chi connectivity index (χ4v) is 2.84. The Labute approximate surface area is 162 Å². The number of amides is 2. The Morgan fingerprint density at radius 3 is 2.61 bits per heavy atom. The lowest BCUT2D eigenvalue weighted by Crippen LogP contribution is -2.45. The molecule has 1 heterocycles. The van der Waals surface area contributed by atoms with Crippen molar-refractivity contribution < 1.29 is 28.7 Å². The first-order chi connectivity index (χ1) is 13.3. The molecule has 2 rings (SSSR count). The number of esters is 1. The second-order valence-electron chi connectivity index (χ2n) is 5.97. The van der Waals surface area contributed by atoms with Gasteiger partial charge < -0.3 is 24.8 Å². The number of hydrogen-bond donors (Lipinski definition) is 2. The number of carbonyl (C=O) groups is 2. The molecular formula is C18H23N3O7. The molecule has 152 valence electrons. The Morgan fingerprint density at radius 1 is 1.32 bits per heavy atom. The number of urea groups is 1. The molecule has 2 N–H and O–H groups in total. The van der Waals surface area contributed by atoms with E-state index < -0.39 is 23.0 Å². The van der Waals surface area contributed by atoms with Crippen molar-refractivity contribution in [2.45, 2.75) is 33.2 Å². The van der Waals surface area contributed by atoms with Crippen LogP contribution in [0.25, 0.3) is 0 Å². The second kappa shape index (κ2) is 9.07. The van der Waals surface area contributed by atoms with Crippen molar-refractivity contribution in [3.8, 4) is 11.5 Å². The quantitative estimate of drug-likeness (QED) is 0.394. The number of ether oxygens (including phenoxy) is 3. The molecule has 1 aromatic rings. The van der Waals surface area contributed by atoms with Gasteiger partial charge in [-0.3, -0.25) is 10.1 Å². The van der Waals surface area contributed by atoms with Gasteiger partial charge in [0.05, 0.1) is 36.9 Å². The Balaban J connectivity index is 2.60. The number of methoxy groups -OCH3 is 1. The van der Waals surface area contributed by atoms with Gasteiger partial charge in [0.15, 0.2) is 5.75 Å². The average Bonchev–Trinajstić information content (AvgIpc) is 2.65. The van der Waals surface area contributed by atoms with E-state index in [4.69, 9.17) is 14.2 Å². The number of benzene rings is 1. The summed E-state index contributed by atoms with van der Waals surface area (Å²) in [6.07, 6.45) is 0.630. The summed E-state index contributed by atoms with van der Waals surface area (Å²) in [6.45, 7) is 5.53. The smallest absolute Gasteiger partial charge is 0.338 e. The first-order valence-electron chi connectivity index (χ1n) is 8.78. The Bertz CT molecular complexity index is 820. The number of nitro groups is 1. The highest BCUT2D eigenvalue weighted by Gasteiger charge is 2.34. The number of allylic oxidation sites excluding steroid dienone is 1. The van der Waals surface area contributed by atoms with Crippen molar-refractivity contribution in [3.63, 3.8) is 0 Å². The van der Waals surface area contributed by atoms with Gasteiger partial charge in [0.2, 0.25) is 5.75 Å². The Hall–Kier alpha value is -3.30. The fraction of sp³-hybridized carbons (Fsp3) is 0.444. The van der Waals surface area contributed by atoms with Gasteiger partial charge in [-0.1, -0.05) is 6.92 Å². The number of nitro benzene ring substituents is 1. The van der Waals surface area contributed by atoms with Crippen molar-refractivity contribution in [1.82, 2.24) is 10.6 Å². The molecule has 1 atom stereocenters. The van der Waals surface area contributed by atoms with Gasteiger partial charge in [-0.05, 0) is 31.9 Å². The standard InChI is InChI=1S/C18H23N3O7/c1-5-7-28-17(22)14-10(3)19-18(23)20-15(14)11-8-12(21(24)25)16(27-6-2)13(9-11)26-4/h8-9,15H,5-7H2,1-4H3,(H2,19,20,23). The minimum atomic E-state index is -0.943. The van der Waals surface area contributed by atoms with Crippen LogP contribution in [0.15, 0.2) is 23.4 Å². The summed E-state index contributed by atoms with van der Waals surface area (Å²) in [7, 11) is 1.35. The van der Waals surface area contributed by atoms with Crippen molar-refractivity contribution in [3.05, 3.63) is 39.1 Å². The van der Waals surface area contributed by atoms with Crippen LogP contribution < -0.4 is 20.1 Å². The van der Waals surface area contributed by atoms with E-state index in [9.17, 15) is 19.7 Å². The highest BCUT2D eigenvalue weighted by Crippen LogP contribution is 2.41. The summed E-state index contributed by atoms with van der Waals surface area (Å²) < 4.78 is 15.8. The minimum absolute atomic E-state index is 0.0187. The zero-order chi connectivity index (χ0) is 20.8. The second-order valence-corrected chi connectivity index (χ2v) is 5.97. The first-order valence-corrected chi connectivity index (χ1v) is 8.78. The van der Waals surface area contributed by atoms with Gasteiger partial charge in [-0.25, -0.2) is 9.59 Å². The third-order valence-electron chi connectivity index (χ3n) is 4.02. The van der Waals surface area contributed by atoms with Crippen LogP contribution in [0.4, 0.5) is 10.5 Å². The third-order valence-corrected chi connectivity index (χ3v) is 4.02. The van der Waals surface area contributed by atoms with E-state index in [0.717, 1.165) is 0 Å². The highest BCUT2D eigenvalue weighted by atomic mass is 16.6. The zero-order valence-corrected chi connectivity index (χ0v) is 16.2. The van der Waals surface area contributed by atoms with E-state index in [1.165, 1.54) is 19.2 Å². The maximum atomic E-state index is 12.5. The summed E-state index contributed by atoms with van der Waals surface area (Å²) in [5.41, 5.74) is 0.437. The zero-order valence-electron chi connectivity index (χ0n) is 16.2. The van der Waals surface area contributed by atoms with Crippen LogP contribution in [-0.4, -0.2) is 37.2 Å². The predicted molar refractivity (Wildman–Crippen MR) is 99.2 cm³/mol. The first kappa shape index (κ1) is 21.0. The van der Waals surface area contributed by atoms with Gasteiger partial charge in [0.25, 0.3) is 0 Å². The Kier molecular flexibility index (Phi) is 6.80. The maximum Gasteiger partial charge on any atom is 0.338 e. The molecule has 0 saturated carbocycles. The van der Waals surface area contributed by atoms with Crippen LogP contribution in [0, 0.1) is 10.1 Å². The summed E-state index contributed by atoms with van der Waals surface area (Å²) in [5, 5.41) is 16.7. The van der Waals surface area contributed by atoms with Crippen LogP contribution in [0.5, 0.6) is 11.5 Å². The molecule has 0 fully saturated rings. The molecule has 10 heteroatoms. The van der Waals surface area contributed by atoms with Crippen molar-refractivity contribution in [1.29, 1.82) is 0 Å². The van der Waals surface area contributed by atoms with Gasteiger partial charge in [0.1, 0.15) is 0 Å². The van der Waals surface area contributed by atoms with Gasteiger partial charge in [-0.2, -0.15) is 0 Å². The molecule has 0 radical (unpaired) electrons. The molecule has 0 saturated heterocycles. The van der Waals surface area contributed by atoms with Crippen molar-refractivity contribution >= 4 is 17.7 Å². The van der Waals surface area contributed by atoms with E-state index in [-0.39, 0.29) is 36.0 Å². The lowest BCUT2D eigenvalue weighted by molar-refractivity contribution is -0.386. The molecule has 2 amide bonds. The third kappa shape index (κ3) is 4.33. The summed E-state index contributed by atoms with van der Waals surface area (Å²) in [5.74, 6) is -0.514. The Morgan fingerprint density at radius 2 is 2.04 bits per heavy atom. The number of hydrogen-bond acceptors (Lipinski definition) is 7. The lowest BCUT2D eigenvalue weighted by Gasteiger charge is -2.28. The van der Waals surface area contributed by atoms with Crippen molar-refractivity contribution in [2.75, 3.05) is 20.3 Å². The largest absolute Gasteiger partial charge is 0.493 e. The van der Waals surface area contributed by atoms with Crippen molar-refractivity contribution in [2.24, 2.45) is 0 Å². The molecule has 1 aliphatic rings. The van der Waals surface area contributed by atoms with Gasteiger partial charge in [-0.15, -0.1) is 0 Å². The molecular weight excluding hydrogens is 370 g/mol. The molecule has 0 aromatic heterocycles. The van der Waals surface area contributed by atoms with Gasteiger partial charge >= 0.3 is 17.7 Å². The van der Waals surface area contributed by atoms with Crippen LogP contribution in [0.3, 0.4) is 0 Å². The van der Waals surface area contributed by atoms with E-state index in [1.54, 1.807) is 13.8 Å². The maximum absolute atomic E-state index is 12.5. The summed E-state index contributed by atoms with van der Waals surface area (Å²) in [4.78, 5) is 35.5. The molecule has 1 aliphatic heterocycles. The molecule has 28 heavy (non-hydrogen) atoms. The normalized spacial score (nSPS) is 16.1. The predicted octanol–water partition coefficient (Wildman–Crippen LogP) is 2.58.